The van der Waals surface area contributed by atoms with E-state index < -0.39 is 7.12 Å². The topological polar surface area (TPSA) is 60.5 Å². The lowest BCUT2D eigenvalue weighted by Gasteiger charge is -2.32. The van der Waals surface area contributed by atoms with Gasteiger partial charge in [0.15, 0.2) is 0 Å². The monoisotopic (exact) mass is 338 g/mol. The first-order chi connectivity index (χ1) is 11.7. The number of aromatic nitrogens is 1. The Morgan fingerprint density at radius 2 is 1.60 bits per heavy atom. The van der Waals surface area contributed by atoms with Crippen LogP contribution in [0.15, 0.2) is 42.5 Å². The van der Waals surface area contributed by atoms with Crippen molar-refractivity contribution in [2.24, 2.45) is 0 Å². The summed E-state index contributed by atoms with van der Waals surface area (Å²) in [6.45, 7) is 9.95. The van der Waals surface area contributed by atoms with E-state index in [1.807, 2.05) is 71.0 Å². The lowest BCUT2D eigenvalue weighted by molar-refractivity contribution is 0.00578. The molecule has 1 aliphatic rings. The molecule has 3 rings (SSSR count). The highest BCUT2D eigenvalue weighted by molar-refractivity contribution is 6.62. The fraction of sp³-hybridized carbons (Fsp3) is 0.368. The van der Waals surface area contributed by atoms with E-state index in [-0.39, 0.29) is 17.1 Å². The molecule has 0 spiro atoms. The number of nitrogens with zero attached hydrogens (tertiary/aromatic N) is 1. The Hall–Kier alpha value is -2.18. The van der Waals surface area contributed by atoms with Crippen LogP contribution in [0.3, 0.4) is 0 Å². The molecule has 1 saturated heterocycles. The zero-order valence-electron chi connectivity index (χ0n) is 15.3. The summed E-state index contributed by atoms with van der Waals surface area (Å²) in [5.41, 5.74) is 2.08. The number of hydrogen-bond acceptors (Lipinski definition) is 4. The lowest BCUT2D eigenvalue weighted by Crippen LogP contribution is -2.41. The Morgan fingerprint density at radius 3 is 2.16 bits per heavy atom. The van der Waals surface area contributed by atoms with Gasteiger partial charge in [-0.1, -0.05) is 18.2 Å². The Kier molecular flexibility index (Phi) is 4.43. The molecule has 0 aliphatic carbocycles. The molecule has 1 amide bonds. The average Bonchev–Trinajstić information content (AvgIpc) is 2.76. The van der Waals surface area contributed by atoms with Crippen molar-refractivity contribution in [3.63, 3.8) is 0 Å². The van der Waals surface area contributed by atoms with Crippen molar-refractivity contribution < 1.29 is 14.1 Å². The molecule has 0 unspecified atom stereocenters. The predicted molar refractivity (Wildman–Crippen MR) is 99.1 cm³/mol. The van der Waals surface area contributed by atoms with Crippen molar-refractivity contribution in [2.45, 2.75) is 45.8 Å². The van der Waals surface area contributed by atoms with Gasteiger partial charge >= 0.3 is 7.12 Å². The second kappa shape index (κ2) is 6.28. The summed E-state index contributed by atoms with van der Waals surface area (Å²) < 4.78 is 12.1. The number of rotatable bonds is 3. The molecule has 0 bridgehead atoms. The SMILES string of the molecule is Cc1cccc(C(=O)Nc2ccc(B3OC(C)(C)C(C)(C)O3)cc2)n1. The summed E-state index contributed by atoms with van der Waals surface area (Å²) in [7, 11) is -0.409. The van der Waals surface area contributed by atoms with Crippen molar-refractivity contribution in [2.75, 3.05) is 5.32 Å². The van der Waals surface area contributed by atoms with Gasteiger partial charge in [0.1, 0.15) is 5.69 Å². The number of carbonyl (C=O) groups excluding carboxylic acids is 1. The molecule has 1 aromatic heterocycles. The fourth-order valence-electron chi connectivity index (χ4n) is 2.57. The van der Waals surface area contributed by atoms with E-state index in [2.05, 4.69) is 10.3 Å². The van der Waals surface area contributed by atoms with Crippen LogP contribution in [0.5, 0.6) is 0 Å². The van der Waals surface area contributed by atoms with Gasteiger partial charge in [-0.15, -0.1) is 0 Å². The first kappa shape index (κ1) is 17.6. The number of hydrogen-bond donors (Lipinski definition) is 1. The van der Waals surface area contributed by atoms with Crippen molar-refractivity contribution in [3.8, 4) is 0 Å². The maximum atomic E-state index is 12.3. The highest BCUT2D eigenvalue weighted by atomic mass is 16.7. The molecule has 25 heavy (non-hydrogen) atoms. The standard InChI is InChI=1S/C19H23BN2O3/c1-13-7-6-8-16(21-13)17(23)22-15-11-9-14(10-12-15)20-24-18(2,3)19(4,5)25-20/h6-12H,1-5H3,(H,22,23). The van der Waals surface area contributed by atoms with Gasteiger partial charge in [0.2, 0.25) is 0 Å². The summed E-state index contributed by atoms with van der Waals surface area (Å²) >= 11 is 0. The van der Waals surface area contributed by atoms with Crippen LogP contribution in [0.2, 0.25) is 0 Å². The first-order valence-electron chi connectivity index (χ1n) is 8.39. The molecular formula is C19H23BN2O3. The first-order valence-corrected chi connectivity index (χ1v) is 8.39. The Balaban J connectivity index is 1.70. The third-order valence-corrected chi connectivity index (χ3v) is 4.81. The molecule has 2 aromatic rings. The number of amides is 1. The van der Waals surface area contributed by atoms with Crippen LogP contribution in [0.4, 0.5) is 5.69 Å². The summed E-state index contributed by atoms with van der Waals surface area (Å²) in [5, 5.41) is 2.85. The molecule has 130 valence electrons. The summed E-state index contributed by atoms with van der Waals surface area (Å²) in [4.78, 5) is 16.5. The quantitative estimate of drug-likeness (QED) is 0.874. The van der Waals surface area contributed by atoms with Crippen molar-refractivity contribution in [1.82, 2.24) is 4.98 Å². The summed E-state index contributed by atoms with van der Waals surface area (Å²) in [6.07, 6.45) is 0. The van der Waals surface area contributed by atoms with Gasteiger partial charge in [-0.3, -0.25) is 4.79 Å². The van der Waals surface area contributed by atoms with Gasteiger partial charge in [-0.05, 0) is 64.3 Å². The molecule has 1 N–H and O–H groups in total. The van der Waals surface area contributed by atoms with Gasteiger partial charge in [0.05, 0.1) is 11.2 Å². The zero-order chi connectivity index (χ0) is 18.2. The molecular weight excluding hydrogens is 315 g/mol. The van der Waals surface area contributed by atoms with E-state index in [4.69, 9.17) is 9.31 Å². The third kappa shape index (κ3) is 3.60. The average molecular weight is 338 g/mol. The number of pyridine rings is 1. The van der Waals surface area contributed by atoms with E-state index >= 15 is 0 Å². The predicted octanol–water partition coefficient (Wildman–Crippen LogP) is 2.94. The molecule has 5 nitrogen and oxygen atoms in total. The Labute approximate surface area is 148 Å². The summed E-state index contributed by atoms with van der Waals surface area (Å²) in [5.74, 6) is -0.230. The molecule has 1 fully saturated rings. The van der Waals surface area contributed by atoms with Crippen molar-refractivity contribution >= 4 is 24.2 Å². The van der Waals surface area contributed by atoms with Crippen LogP contribution in [-0.2, 0) is 9.31 Å². The van der Waals surface area contributed by atoms with E-state index in [0.29, 0.717) is 11.4 Å². The Bertz CT molecular complexity index is 772. The van der Waals surface area contributed by atoms with Crippen LogP contribution >= 0.6 is 0 Å². The third-order valence-electron chi connectivity index (χ3n) is 4.81. The van der Waals surface area contributed by atoms with Gasteiger partial charge < -0.3 is 14.6 Å². The van der Waals surface area contributed by atoms with E-state index in [1.165, 1.54) is 0 Å². The van der Waals surface area contributed by atoms with Crippen LogP contribution in [-0.4, -0.2) is 29.2 Å². The molecule has 0 saturated carbocycles. The Morgan fingerprint density at radius 1 is 1.00 bits per heavy atom. The van der Waals surface area contributed by atoms with Gasteiger partial charge in [-0.25, -0.2) is 4.98 Å². The van der Waals surface area contributed by atoms with Crippen molar-refractivity contribution in [1.29, 1.82) is 0 Å². The molecule has 1 aromatic carbocycles. The molecule has 2 heterocycles. The smallest absolute Gasteiger partial charge is 0.399 e. The maximum Gasteiger partial charge on any atom is 0.494 e. The van der Waals surface area contributed by atoms with E-state index in [1.54, 1.807) is 6.07 Å². The number of anilines is 1. The number of carbonyl (C=O) groups is 1. The van der Waals surface area contributed by atoms with Crippen molar-refractivity contribution in [3.05, 3.63) is 53.9 Å². The van der Waals surface area contributed by atoms with Gasteiger partial charge in [0, 0.05) is 11.4 Å². The highest BCUT2D eigenvalue weighted by Gasteiger charge is 2.51. The fourth-order valence-corrected chi connectivity index (χ4v) is 2.57. The number of nitrogens with one attached hydrogen (secondary N) is 1. The molecule has 0 radical (unpaired) electrons. The molecule has 1 aliphatic heterocycles. The lowest BCUT2D eigenvalue weighted by atomic mass is 9.79. The van der Waals surface area contributed by atoms with E-state index in [0.717, 1.165) is 11.2 Å². The normalized spacial score (nSPS) is 18.2. The van der Waals surface area contributed by atoms with Gasteiger partial charge in [0.25, 0.3) is 5.91 Å². The molecule has 6 heteroatoms. The minimum absolute atomic E-state index is 0.230. The summed E-state index contributed by atoms with van der Waals surface area (Å²) in [6, 6.07) is 12.9. The maximum absolute atomic E-state index is 12.3. The van der Waals surface area contributed by atoms with Gasteiger partial charge in [-0.2, -0.15) is 0 Å². The van der Waals surface area contributed by atoms with E-state index in [9.17, 15) is 4.79 Å². The second-order valence-electron chi connectivity index (χ2n) is 7.33. The minimum atomic E-state index is -0.409. The number of aryl methyl sites for hydroxylation is 1. The zero-order valence-corrected chi connectivity index (χ0v) is 15.3. The van der Waals surface area contributed by atoms with Crippen LogP contribution in [0.1, 0.15) is 43.9 Å². The van der Waals surface area contributed by atoms with Crippen LogP contribution in [0.25, 0.3) is 0 Å². The highest BCUT2D eigenvalue weighted by Crippen LogP contribution is 2.36. The minimum Gasteiger partial charge on any atom is -0.399 e. The largest absolute Gasteiger partial charge is 0.494 e. The second-order valence-corrected chi connectivity index (χ2v) is 7.33. The molecule has 0 atom stereocenters. The van der Waals surface area contributed by atoms with Crippen LogP contribution in [0, 0.1) is 6.92 Å². The number of benzene rings is 1. The van der Waals surface area contributed by atoms with Crippen LogP contribution < -0.4 is 10.8 Å².